The molecule has 0 fully saturated rings. The Morgan fingerprint density at radius 2 is 1.71 bits per heavy atom. The van der Waals surface area contributed by atoms with Crippen LogP contribution >= 0.6 is 23.6 Å². The maximum atomic E-state index is 12.8. The van der Waals surface area contributed by atoms with E-state index in [1.807, 2.05) is 35.8 Å². The van der Waals surface area contributed by atoms with E-state index in [-0.39, 0.29) is 11.6 Å². The van der Waals surface area contributed by atoms with Gasteiger partial charge in [-0.2, -0.15) is 5.21 Å². The third kappa shape index (κ3) is 3.62. The summed E-state index contributed by atoms with van der Waals surface area (Å²) in [5.74, 6) is 0.298. The first kappa shape index (κ1) is 20.6. The van der Waals surface area contributed by atoms with Gasteiger partial charge in [0.1, 0.15) is 15.3 Å². The Labute approximate surface area is 202 Å². The summed E-state index contributed by atoms with van der Waals surface area (Å²) in [6, 6.07) is 16.6. The normalized spacial score (nSPS) is 12.8. The Morgan fingerprint density at radius 1 is 1.00 bits per heavy atom. The zero-order valence-electron chi connectivity index (χ0n) is 17.7. The number of tetrazole rings is 1. The fourth-order valence-electron chi connectivity index (χ4n) is 4.28. The topological polar surface area (TPSA) is 105 Å². The highest BCUT2D eigenvalue weighted by atomic mass is 32.1. The van der Waals surface area contributed by atoms with Crippen LogP contribution in [-0.2, 0) is 6.54 Å². The molecule has 34 heavy (non-hydrogen) atoms. The number of nitrogens with zero attached hydrogens (tertiary/aromatic N) is 5. The highest BCUT2D eigenvalue weighted by Crippen LogP contribution is 2.39. The maximum Gasteiger partial charge on any atom is 0.326 e. The molecule has 0 unspecified atom stereocenters. The van der Waals surface area contributed by atoms with Crippen molar-refractivity contribution in [3.05, 3.63) is 108 Å². The maximum absolute atomic E-state index is 12.8. The van der Waals surface area contributed by atoms with Gasteiger partial charge in [-0.05, 0) is 27.5 Å². The lowest BCUT2D eigenvalue weighted by Crippen LogP contribution is -2.25. The van der Waals surface area contributed by atoms with Crippen LogP contribution in [0.3, 0.4) is 0 Å². The Morgan fingerprint density at radius 3 is 2.38 bits per heavy atom. The molecule has 6 rings (SSSR count). The van der Waals surface area contributed by atoms with E-state index in [9.17, 15) is 4.79 Å². The number of aromatic nitrogens is 7. The summed E-state index contributed by atoms with van der Waals surface area (Å²) in [6.07, 6.45) is 6.12. The quantitative estimate of drug-likeness (QED) is 0.363. The third-order valence-corrected chi connectivity index (χ3v) is 7.01. The minimum absolute atomic E-state index is 0.121. The van der Waals surface area contributed by atoms with Gasteiger partial charge in [-0.15, -0.1) is 21.5 Å². The molecule has 5 aromatic rings. The lowest BCUT2D eigenvalue weighted by atomic mass is 9.83. The minimum atomic E-state index is -0.279. The van der Waals surface area contributed by atoms with Gasteiger partial charge in [0.25, 0.3) is 0 Å². The second-order valence-corrected chi connectivity index (χ2v) is 9.21. The van der Waals surface area contributed by atoms with E-state index in [1.165, 1.54) is 11.3 Å². The predicted molar refractivity (Wildman–Crippen MR) is 133 cm³/mol. The molecule has 2 N–H and O–H groups in total. The van der Waals surface area contributed by atoms with Gasteiger partial charge in [-0.25, -0.2) is 9.78 Å². The van der Waals surface area contributed by atoms with E-state index in [0.29, 0.717) is 22.7 Å². The molecule has 8 nitrogen and oxygen atoms in total. The molecule has 1 aliphatic rings. The van der Waals surface area contributed by atoms with E-state index >= 15 is 0 Å². The number of thiazole rings is 1. The number of H-pyrrole nitrogens is 2. The van der Waals surface area contributed by atoms with Crippen LogP contribution in [0.15, 0.2) is 64.9 Å². The van der Waals surface area contributed by atoms with Crippen molar-refractivity contribution in [2.75, 3.05) is 0 Å². The summed E-state index contributed by atoms with van der Waals surface area (Å²) in [7, 11) is 0. The van der Waals surface area contributed by atoms with Crippen molar-refractivity contribution in [1.29, 1.82) is 0 Å². The predicted octanol–water partition coefficient (Wildman–Crippen LogP) is 4.25. The summed E-state index contributed by atoms with van der Waals surface area (Å²) in [4.78, 5) is 20.3. The van der Waals surface area contributed by atoms with Gasteiger partial charge in [0.2, 0.25) is 5.82 Å². The van der Waals surface area contributed by atoms with Gasteiger partial charge < -0.3 is 0 Å². The molecule has 0 saturated heterocycles. The molecular formula is C24H17N7OS2. The average molecular weight is 484 g/mol. The lowest BCUT2D eigenvalue weighted by Gasteiger charge is -2.21. The van der Waals surface area contributed by atoms with Crippen LogP contribution in [0.2, 0.25) is 0 Å². The summed E-state index contributed by atoms with van der Waals surface area (Å²) in [6.45, 7) is 0.300. The summed E-state index contributed by atoms with van der Waals surface area (Å²) < 4.78 is 2.05. The first-order valence-electron chi connectivity index (χ1n) is 10.6. The van der Waals surface area contributed by atoms with E-state index in [2.05, 4.69) is 67.0 Å². The molecule has 10 heteroatoms. The SMILES string of the molecule is O=c1[nH]c(=S)c(C2c3ccccc3C=Cc3ccccc32)cn1Cc1nc(-c2nn[nH]n2)cs1. The van der Waals surface area contributed by atoms with E-state index < -0.39 is 0 Å². The van der Waals surface area contributed by atoms with Crippen molar-refractivity contribution >= 4 is 35.7 Å². The number of aromatic amines is 2. The monoisotopic (exact) mass is 483 g/mol. The Kier molecular flexibility index (Phi) is 5.08. The standard InChI is InChI=1S/C24H17N7OS2/c32-24-26-23(33)18(11-31(24)12-20-25-19(13-34-20)22-27-29-30-28-22)21-16-7-3-1-5-14(16)9-10-15-6-2-4-8-17(15)21/h1-11,13,21H,12H2,(H,26,32,33)(H,27,28,29,30). The third-order valence-electron chi connectivity index (χ3n) is 5.84. The van der Waals surface area contributed by atoms with Crippen molar-refractivity contribution in [2.24, 2.45) is 0 Å². The van der Waals surface area contributed by atoms with Gasteiger partial charge in [0, 0.05) is 23.1 Å². The lowest BCUT2D eigenvalue weighted by molar-refractivity contribution is 0.703. The van der Waals surface area contributed by atoms with Gasteiger partial charge in [-0.3, -0.25) is 9.55 Å². The number of benzene rings is 2. The molecule has 0 aliphatic heterocycles. The molecule has 0 spiro atoms. The van der Waals surface area contributed by atoms with Gasteiger partial charge in [0.05, 0.1) is 6.54 Å². The zero-order valence-corrected chi connectivity index (χ0v) is 19.3. The van der Waals surface area contributed by atoms with Crippen molar-refractivity contribution in [3.63, 3.8) is 0 Å². The Hall–Kier alpha value is -4.02. The first-order valence-corrected chi connectivity index (χ1v) is 11.8. The molecular weight excluding hydrogens is 466 g/mol. The molecule has 0 radical (unpaired) electrons. The van der Waals surface area contributed by atoms with Crippen molar-refractivity contribution in [3.8, 4) is 11.5 Å². The van der Waals surface area contributed by atoms with Crippen LogP contribution in [0, 0.1) is 4.64 Å². The first-order chi connectivity index (χ1) is 16.7. The summed E-state index contributed by atoms with van der Waals surface area (Å²) in [5.41, 5.74) is 5.74. The Balaban J connectivity index is 1.47. The van der Waals surface area contributed by atoms with E-state index in [0.717, 1.165) is 32.8 Å². The van der Waals surface area contributed by atoms with Gasteiger partial charge in [0.15, 0.2) is 0 Å². The van der Waals surface area contributed by atoms with Crippen molar-refractivity contribution in [1.82, 2.24) is 35.2 Å². The molecule has 0 atom stereocenters. The molecule has 166 valence electrons. The second kappa shape index (κ2) is 8.40. The van der Waals surface area contributed by atoms with Crippen molar-refractivity contribution in [2.45, 2.75) is 12.5 Å². The average Bonchev–Trinajstić information content (AvgIpc) is 3.51. The summed E-state index contributed by atoms with van der Waals surface area (Å²) >= 11 is 7.11. The second-order valence-electron chi connectivity index (χ2n) is 7.86. The van der Waals surface area contributed by atoms with Gasteiger partial charge in [-0.1, -0.05) is 72.9 Å². The van der Waals surface area contributed by atoms with Crippen LogP contribution in [0.25, 0.3) is 23.7 Å². The number of hydrogen-bond donors (Lipinski definition) is 2. The fourth-order valence-corrected chi connectivity index (χ4v) is 5.31. The molecule has 3 aromatic heterocycles. The zero-order chi connectivity index (χ0) is 23.1. The van der Waals surface area contributed by atoms with E-state index in [4.69, 9.17) is 12.2 Å². The molecule has 3 heterocycles. The molecule has 0 bridgehead atoms. The smallest absolute Gasteiger partial charge is 0.298 e. The molecule has 0 amide bonds. The van der Waals surface area contributed by atoms with Crippen LogP contribution in [0.1, 0.15) is 38.7 Å². The number of nitrogens with one attached hydrogen (secondary N) is 2. The van der Waals surface area contributed by atoms with Crippen LogP contribution < -0.4 is 5.69 Å². The fraction of sp³-hybridized carbons (Fsp3) is 0.0833. The van der Waals surface area contributed by atoms with Crippen LogP contribution in [-0.4, -0.2) is 35.2 Å². The summed E-state index contributed by atoms with van der Waals surface area (Å²) in [5, 5.41) is 16.5. The molecule has 2 aromatic carbocycles. The minimum Gasteiger partial charge on any atom is -0.298 e. The van der Waals surface area contributed by atoms with Crippen LogP contribution in [0.4, 0.5) is 0 Å². The number of fused-ring (bicyclic) bond motifs is 2. The highest BCUT2D eigenvalue weighted by Gasteiger charge is 2.25. The Bertz CT molecular complexity index is 1600. The van der Waals surface area contributed by atoms with E-state index in [1.54, 1.807) is 4.57 Å². The highest BCUT2D eigenvalue weighted by molar-refractivity contribution is 7.71. The largest absolute Gasteiger partial charge is 0.326 e. The van der Waals surface area contributed by atoms with Gasteiger partial charge >= 0.3 is 5.69 Å². The molecule has 0 saturated carbocycles. The number of rotatable bonds is 4. The van der Waals surface area contributed by atoms with Crippen LogP contribution in [0.5, 0.6) is 0 Å². The number of hydrogen-bond acceptors (Lipinski definition) is 7. The molecule has 1 aliphatic carbocycles. The van der Waals surface area contributed by atoms with Crippen molar-refractivity contribution < 1.29 is 0 Å².